The molecule has 1 aliphatic rings. The number of hydrogen-bond acceptors (Lipinski definition) is 3. The third-order valence-electron chi connectivity index (χ3n) is 2.96. The van der Waals surface area contributed by atoms with Gasteiger partial charge in [-0.2, -0.15) is 0 Å². The molecule has 1 heterocycles. The summed E-state index contributed by atoms with van der Waals surface area (Å²) < 4.78 is 10.5. The van der Waals surface area contributed by atoms with Gasteiger partial charge in [0.25, 0.3) is 0 Å². The highest BCUT2D eigenvalue weighted by molar-refractivity contribution is 6.30. The van der Waals surface area contributed by atoms with Crippen LogP contribution in [0.4, 0.5) is 0 Å². The van der Waals surface area contributed by atoms with Crippen LogP contribution < -0.4 is 4.74 Å². The number of aliphatic carboxylic acids is 1. The van der Waals surface area contributed by atoms with Gasteiger partial charge in [0.15, 0.2) is 0 Å². The second-order valence-electron chi connectivity index (χ2n) is 4.17. The molecule has 0 unspecified atom stereocenters. The summed E-state index contributed by atoms with van der Waals surface area (Å²) in [6, 6.07) is 5.29. The van der Waals surface area contributed by atoms with Crippen molar-refractivity contribution < 1.29 is 19.4 Å². The second-order valence-corrected chi connectivity index (χ2v) is 4.60. The van der Waals surface area contributed by atoms with E-state index in [9.17, 15) is 4.79 Å². The minimum absolute atomic E-state index is 0.424. The Balaban J connectivity index is 2.44. The maximum Gasteiger partial charge on any atom is 0.328 e. The normalized spacial score (nSPS) is 17.4. The molecular formula is C13H13ClO4. The Hall–Kier alpha value is -1.52. The van der Waals surface area contributed by atoms with Crippen molar-refractivity contribution in [3.05, 3.63) is 40.9 Å². The van der Waals surface area contributed by atoms with E-state index < -0.39 is 11.4 Å². The van der Waals surface area contributed by atoms with Crippen molar-refractivity contribution in [2.45, 2.75) is 5.41 Å². The van der Waals surface area contributed by atoms with Crippen molar-refractivity contribution in [3.8, 4) is 5.75 Å². The van der Waals surface area contributed by atoms with Crippen LogP contribution in [0.15, 0.2) is 30.4 Å². The summed E-state index contributed by atoms with van der Waals surface area (Å²) in [6.45, 7) is 0.848. The lowest BCUT2D eigenvalue weighted by atomic mass is 9.78. The van der Waals surface area contributed by atoms with E-state index >= 15 is 0 Å². The highest BCUT2D eigenvalue weighted by Gasteiger charge is 2.40. The average Bonchev–Trinajstić information content (AvgIpc) is 2.27. The average molecular weight is 269 g/mol. The Kier molecular flexibility index (Phi) is 3.59. The van der Waals surface area contributed by atoms with Crippen molar-refractivity contribution in [2.75, 3.05) is 20.3 Å². The molecule has 1 aliphatic heterocycles. The molecule has 0 atom stereocenters. The Morgan fingerprint density at radius 2 is 2.28 bits per heavy atom. The molecule has 0 radical (unpaired) electrons. The highest BCUT2D eigenvalue weighted by atomic mass is 35.5. The van der Waals surface area contributed by atoms with E-state index in [1.54, 1.807) is 31.4 Å². The quantitative estimate of drug-likeness (QED) is 0.851. The lowest BCUT2D eigenvalue weighted by Crippen LogP contribution is -2.45. The van der Waals surface area contributed by atoms with E-state index in [1.807, 2.05) is 0 Å². The first-order valence-electron chi connectivity index (χ1n) is 5.41. The van der Waals surface area contributed by atoms with Crippen molar-refractivity contribution in [1.82, 2.24) is 0 Å². The van der Waals surface area contributed by atoms with Crippen LogP contribution in [0.3, 0.4) is 0 Å². The molecule has 0 spiro atoms. The molecule has 0 bridgehead atoms. The van der Waals surface area contributed by atoms with E-state index in [4.69, 9.17) is 26.2 Å². The van der Waals surface area contributed by atoms with Crippen LogP contribution in [0.25, 0.3) is 0 Å². The summed E-state index contributed by atoms with van der Waals surface area (Å²) in [5.74, 6) is -0.306. The van der Waals surface area contributed by atoms with E-state index in [1.165, 1.54) is 0 Å². The fourth-order valence-corrected chi connectivity index (χ4v) is 2.14. The first-order chi connectivity index (χ1) is 8.57. The number of halogens is 1. The van der Waals surface area contributed by atoms with E-state index in [2.05, 4.69) is 0 Å². The molecule has 2 rings (SSSR count). The maximum absolute atomic E-state index is 10.7. The number of rotatable bonds is 4. The molecule has 0 saturated carbocycles. The van der Waals surface area contributed by atoms with Gasteiger partial charge in [-0.25, -0.2) is 4.79 Å². The summed E-state index contributed by atoms with van der Waals surface area (Å²) in [4.78, 5) is 10.7. The summed E-state index contributed by atoms with van der Waals surface area (Å²) in [5.41, 5.74) is 0.385. The van der Waals surface area contributed by atoms with Crippen molar-refractivity contribution in [2.24, 2.45) is 0 Å². The Morgan fingerprint density at radius 1 is 1.56 bits per heavy atom. The summed E-state index contributed by atoms with van der Waals surface area (Å²) >= 11 is 5.99. The predicted molar refractivity (Wildman–Crippen MR) is 67.3 cm³/mol. The molecule has 0 amide bonds. The lowest BCUT2D eigenvalue weighted by Gasteiger charge is -2.40. The number of ether oxygens (including phenoxy) is 2. The Bertz CT molecular complexity index is 492. The van der Waals surface area contributed by atoms with Crippen molar-refractivity contribution in [1.29, 1.82) is 0 Å². The van der Waals surface area contributed by atoms with Gasteiger partial charge in [0.05, 0.1) is 25.7 Å². The smallest absolute Gasteiger partial charge is 0.328 e. The zero-order valence-electron chi connectivity index (χ0n) is 9.85. The molecule has 1 fully saturated rings. The molecule has 96 valence electrons. The Labute approximate surface area is 110 Å². The summed E-state index contributed by atoms with van der Waals surface area (Å²) in [5, 5.41) is 9.32. The number of carbonyl (C=O) groups is 1. The van der Waals surface area contributed by atoms with Gasteiger partial charge in [-0.05, 0) is 18.2 Å². The highest BCUT2D eigenvalue weighted by Crippen LogP contribution is 2.40. The number of hydrogen-bond donors (Lipinski definition) is 1. The molecule has 18 heavy (non-hydrogen) atoms. The van der Waals surface area contributed by atoms with Crippen LogP contribution in [0.2, 0.25) is 5.02 Å². The van der Waals surface area contributed by atoms with Gasteiger partial charge in [0, 0.05) is 16.7 Å². The minimum atomic E-state index is -0.984. The fraction of sp³-hybridized carbons (Fsp3) is 0.308. The SMILES string of the molecule is COc1ccc(Cl)cc1C1(/C=C/C(=O)O)COC1. The van der Waals surface area contributed by atoms with Crippen LogP contribution in [-0.2, 0) is 14.9 Å². The summed E-state index contributed by atoms with van der Waals surface area (Å²) in [6.07, 6.45) is 2.76. The first-order valence-corrected chi connectivity index (χ1v) is 5.79. The standard InChI is InChI=1S/C13H13ClO4/c1-17-11-3-2-9(14)6-10(11)13(7-18-8-13)5-4-12(15)16/h2-6H,7-8H2,1H3,(H,15,16)/b5-4+. The van der Waals surface area contributed by atoms with Gasteiger partial charge < -0.3 is 14.6 Å². The molecule has 1 aromatic rings. The van der Waals surface area contributed by atoms with E-state index in [0.717, 1.165) is 11.6 Å². The predicted octanol–water partition coefficient (Wildman–Crippen LogP) is 2.26. The van der Waals surface area contributed by atoms with Crippen LogP contribution in [0.5, 0.6) is 5.75 Å². The largest absolute Gasteiger partial charge is 0.496 e. The van der Waals surface area contributed by atoms with Gasteiger partial charge in [0.1, 0.15) is 5.75 Å². The van der Waals surface area contributed by atoms with Crippen LogP contribution in [0, 0.1) is 0 Å². The number of benzene rings is 1. The zero-order valence-corrected chi connectivity index (χ0v) is 10.6. The summed E-state index contributed by atoms with van der Waals surface area (Å²) in [7, 11) is 1.57. The molecule has 1 N–H and O–H groups in total. The fourth-order valence-electron chi connectivity index (χ4n) is 1.96. The van der Waals surface area contributed by atoms with Crippen molar-refractivity contribution >= 4 is 17.6 Å². The first kappa shape index (κ1) is 12.9. The molecular weight excluding hydrogens is 256 g/mol. The number of carboxylic acids is 1. The third kappa shape index (κ3) is 2.35. The molecule has 0 aromatic heterocycles. The second kappa shape index (κ2) is 5.00. The zero-order chi connectivity index (χ0) is 13.2. The van der Waals surface area contributed by atoms with Crippen LogP contribution in [-0.4, -0.2) is 31.4 Å². The van der Waals surface area contributed by atoms with Gasteiger partial charge in [-0.3, -0.25) is 0 Å². The van der Waals surface area contributed by atoms with Gasteiger partial charge >= 0.3 is 5.97 Å². The van der Waals surface area contributed by atoms with Crippen LogP contribution >= 0.6 is 11.6 Å². The molecule has 0 aliphatic carbocycles. The molecule has 1 aromatic carbocycles. The number of carboxylic acid groups (broad SMARTS) is 1. The molecule has 5 heteroatoms. The van der Waals surface area contributed by atoms with Gasteiger partial charge in [0.2, 0.25) is 0 Å². The van der Waals surface area contributed by atoms with Crippen molar-refractivity contribution in [3.63, 3.8) is 0 Å². The molecule has 1 saturated heterocycles. The van der Waals surface area contributed by atoms with Gasteiger partial charge in [-0.15, -0.1) is 0 Å². The topological polar surface area (TPSA) is 55.8 Å². The maximum atomic E-state index is 10.7. The third-order valence-corrected chi connectivity index (χ3v) is 3.20. The minimum Gasteiger partial charge on any atom is -0.496 e. The monoisotopic (exact) mass is 268 g/mol. The Morgan fingerprint density at radius 3 is 2.78 bits per heavy atom. The number of methoxy groups -OCH3 is 1. The lowest BCUT2D eigenvalue weighted by molar-refractivity contribution is -0.131. The van der Waals surface area contributed by atoms with E-state index in [0.29, 0.717) is 24.0 Å². The van der Waals surface area contributed by atoms with E-state index in [-0.39, 0.29) is 0 Å². The van der Waals surface area contributed by atoms with Gasteiger partial charge in [-0.1, -0.05) is 17.7 Å². The molecule has 4 nitrogen and oxygen atoms in total. The van der Waals surface area contributed by atoms with Crippen LogP contribution in [0.1, 0.15) is 5.56 Å².